The Kier molecular flexibility index (Phi) is 1.36. The third-order valence-electron chi connectivity index (χ3n) is 2.19. The molecule has 0 saturated heterocycles. The largest absolute Gasteiger partial charge is 0.508 e. The molecule has 0 radical (unpaired) electrons. The first-order valence-corrected chi connectivity index (χ1v) is 3.66. The number of aromatic hydroxyl groups is 1. The summed E-state index contributed by atoms with van der Waals surface area (Å²) in [7, 11) is 1.67. The van der Waals surface area contributed by atoms with Crippen molar-refractivity contribution < 1.29 is 9.84 Å². The average molecular weight is 150 g/mol. The molecule has 0 saturated carbocycles. The summed E-state index contributed by atoms with van der Waals surface area (Å²) < 4.78 is 5.13. The highest BCUT2D eigenvalue weighted by Gasteiger charge is 2.28. The average Bonchev–Trinajstić information content (AvgIpc) is 1.93. The van der Waals surface area contributed by atoms with E-state index in [1.54, 1.807) is 13.2 Å². The van der Waals surface area contributed by atoms with Crippen LogP contribution in [0.5, 0.6) is 5.75 Å². The molecule has 0 bridgehead atoms. The van der Waals surface area contributed by atoms with E-state index in [9.17, 15) is 5.11 Å². The van der Waals surface area contributed by atoms with Crippen molar-refractivity contribution in [2.24, 2.45) is 0 Å². The molecule has 1 N–H and O–H groups in total. The van der Waals surface area contributed by atoms with Gasteiger partial charge in [-0.25, -0.2) is 0 Å². The molecule has 2 heteroatoms. The van der Waals surface area contributed by atoms with Crippen LogP contribution in [0.4, 0.5) is 0 Å². The lowest BCUT2D eigenvalue weighted by Crippen LogP contribution is -2.18. The molecule has 1 aliphatic carbocycles. The van der Waals surface area contributed by atoms with Crippen molar-refractivity contribution in [3.05, 3.63) is 29.3 Å². The van der Waals surface area contributed by atoms with Gasteiger partial charge in [-0.05, 0) is 11.6 Å². The molecule has 0 fully saturated rings. The zero-order chi connectivity index (χ0) is 7.84. The predicted molar refractivity (Wildman–Crippen MR) is 41.6 cm³/mol. The van der Waals surface area contributed by atoms with E-state index in [0.29, 0.717) is 5.75 Å². The fraction of sp³-hybridized carbons (Fsp3) is 0.333. The van der Waals surface area contributed by atoms with Gasteiger partial charge >= 0.3 is 0 Å². The van der Waals surface area contributed by atoms with Gasteiger partial charge in [0.15, 0.2) is 0 Å². The molecule has 2 nitrogen and oxygen atoms in total. The number of rotatable bonds is 1. The summed E-state index contributed by atoms with van der Waals surface area (Å²) in [6.07, 6.45) is 1.05. The highest BCUT2D eigenvalue weighted by atomic mass is 16.5. The van der Waals surface area contributed by atoms with Gasteiger partial charge in [0.2, 0.25) is 0 Å². The summed E-state index contributed by atoms with van der Waals surface area (Å²) in [6.45, 7) is 0. The Labute approximate surface area is 65.4 Å². The Morgan fingerprint density at radius 1 is 1.55 bits per heavy atom. The number of phenols is 1. The Morgan fingerprint density at radius 3 is 3.00 bits per heavy atom. The highest BCUT2D eigenvalue weighted by Crippen LogP contribution is 2.40. The molecular weight excluding hydrogens is 140 g/mol. The Balaban J connectivity index is 2.43. The Bertz CT molecular complexity index is 267. The predicted octanol–water partition coefficient (Wildman–Crippen LogP) is 1.64. The SMILES string of the molecule is COC1Cc2cccc(O)c21. The molecule has 0 amide bonds. The molecule has 58 valence electrons. The molecule has 0 spiro atoms. The van der Waals surface area contributed by atoms with Crippen LogP contribution < -0.4 is 0 Å². The van der Waals surface area contributed by atoms with Gasteiger partial charge in [0.05, 0.1) is 6.10 Å². The number of methoxy groups -OCH3 is 1. The quantitative estimate of drug-likeness (QED) is 0.659. The molecule has 2 rings (SSSR count). The van der Waals surface area contributed by atoms with E-state index in [-0.39, 0.29) is 6.10 Å². The minimum atomic E-state index is 0.117. The van der Waals surface area contributed by atoms with Gasteiger partial charge in [-0.3, -0.25) is 0 Å². The summed E-state index contributed by atoms with van der Waals surface area (Å²) in [6, 6.07) is 5.58. The molecule has 1 aromatic rings. The van der Waals surface area contributed by atoms with Crippen LogP contribution in [0.2, 0.25) is 0 Å². The molecule has 11 heavy (non-hydrogen) atoms. The van der Waals surface area contributed by atoms with Crippen LogP contribution in [0.3, 0.4) is 0 Å². The minimum absolute atomic E-state index is 0.117. The van der Waals surface area contributed by atoms with Gasteiger partial charge in [-0.15, -0.1) is 0 Å². The number of ether oxygens (including phenoxy) is 1. The second-order valence-electron chi connectivity index (χ2n) is 2.78. The van der Waals surface area contributed by atoms with Crippen LogP contribution in [0.1, 0.15) is 17.2 Å². The zero-order valence-electron chi connectivity index (χ0n) is 6.37. The monoisotopic (exact) mass is 150 g/mol. The van der Waals surface area contributed by atoms with Crippen LogP contribution in [0, 0.1) is 0 Å². The van der Waals surface area contributed by atoms with Gasteiger partial charge in [-0.1, -0.05) is 12.1 Å². The first-order chi connectivity index (χ1) is 5.33. The van der Waals surface area contributed by atoms with Crippen molar-refractivity contribution in [1.29, 1.82) is 0 Å². The van der Waals surface area contributed by atoms with Gasteiger partial charge in [0.25, 0.3) is 0 Å². The van der Waals surface area contributed by atoms with Crippen LogP contribution in [-0.4, -0.2) is 12.2 Å². The Hall–Kier alpha value is -1.02. The van der Waals surface area contributed by atoms with E-state index in [4.69, 9.17) is 4.74 Å². The second-order valence-corrected chi connectivity index (χ2v) is 2.78. The van der Waals surface area contributed by atoms with Crippen molar-refractivity contribution in [3.8, 4) is 5.75 Å². The third-order valence-corrected chi connectivity index (χ3v) is 2.19. The topological polar surface area (TPSA) is 29.5 Å². The Morgan fingerprint density at radius 2 is 2.36 bits per heavy atom. The maximum atomic E-state index is 9.37. The molecule has 1 aromatic carbocycles. The van der Waals surface area contributed by atoms with Crippen molar-refractivity contribution in [2.45, 2.75) is 12.5 Å². The minimum Gasteiger partial charge on any atom is -0.508 e. The first-order valence-electron chi connectivity index (χ1n) is 3.66. The normalized spacial score (nSPS) is 20.6. The third kappa shape index (κ3) is 0.828. The van der Waals surface area contributed by atoms with Crippen LogP contribution in [0.15, 0.2) is 18.2 Å². The molecule has 1 unspecified atom stereocenters. The fourth-order valence-corrected chi connectivity index (χ4v) is 1.52. The van der Waals surface area contributed by atoms with E-state index in [1.165, 1.54) is 5.56 Å². The number of hydrogen-bond donors (Lipinski definition) is 1. The van der Waals surface area contributed by atoms with Gasteiger partial charge < -0.3 is 9.84 Å². The van der Waals surface area contributed by atoms with Crippen molar-refractivity contribution >= 4 is 0 Å². The molecule has 1 aliphatic rings. The van der Waals surface area contributed by atoms with Crippen molar-refractivity contribution in [1.82, 2.24) is 0 Å². The number of hydrogen-bond acceptors (Lipinski definition) is 2. The lowest BCUT2D eigenvalue weighted by Gasteiger charge is -2.29. The molecule has 0 heterocycles. The lowest BCUT2D eigenvalue weighted by molar-refractivity contribution is 0.0817. The van der Waals surface area contributed by atoms with Crippen molar-refractivity contribution in [2.75, 3.05) is 7.11 Å². The smallest absolute Gasteiger partial charge is 0.121 e. The van der Waals surface area contributed by atoms with Crippen molar-refractivity contribution in [3.63, 3.8) is 0 Å². The zero-order valence-corrected chi connectivity index (χ0v) is 6.37. The lowest BCUT2D eigenvalue weighted by atomic mass is 9.85. The summed E-state index contributed by atoms with van der Waals surface area (Å²) in [5.74, 6) is 0.362. The van der Waals surface area contributed by atoms with E-state index < -0.39 is 0 Å². The summed E-state index contributed by atoms with van der Waals surface area (Å²) in [5, 5.41) is 9.37. The van der Waals surface area contributed by atoms with Crippen LogP contribution in [-0.2, 0) is 11.2 Å². The second kappa shape index (κ2) is 2.24. The molecule has 0 aromatic heterocycles. The van der Waals surface area contributed by atoms with Crippen LogP contribution in [0.25, 0.3) is 0 Å². The highest BCUT2D eigenvalue weighted by molar-refractivity contribution is 5.47. The van der Waals surface area contributed by atoms with E-state index in [1.807, 2.05) is 12.1 Å². The molecular formula is C9H10O2. The van der Waals surface area contributed by atoms with Gasteiger partial charge in [-0.2, -0.15) is 0 Å². The summed E-state index contributed by atoms with van der Waals surface area (Å²) in [4.78, 5) is 0. The molecule has 0 aliphatic heterocycles. The van der Waals surface area contributed by atoms with Gasteiger partial charge in [0.1, 0.15) is 5.75 Å². The number of fused-ring (bicyclic) bond motifs is 1. The van der Waals surface area contributed by atoms with E-state index in [2.05, 4.69) is 0 Å². The standard InChI is InChI=1S/C9H10O2/c1-11-8-5-6-3-2-4-7(10)9(6)8/h2-4,8,10H,5H2,1H3. The first kappa shape index (κ1) is 6.68. The molecule has 1 atom stereocenters. The van der Waals surface area contributed by atoms with E-state index in [0.717, 1.165) is 12.0 Å². The van der Waals surface area contributed by atoms with Gasteiger partial charge in [0, 0.05) is 19.1 Å². The summed E-state index contributed by atoms with van der Waals surface area (Å²) >= 11 is 0. The van der Waals surface area contributed by atoms with E-state index >= 15 is 0 Å². The maximum absolute atomic E-state index is 9.37. The number of phenolic OH excluding ortho intramolecular Hbond substituents is 1. The summed E-state index contributed by atoms with van der Waals surface area (Å²) in [5.41, 5.74) is 2.17. The fourth-order valence-electron chi connectivity index (χ4n) is 1.52. The van der Waals surface area contributed by atoms with Crippen LogP contribution >= 0.6 is 0 Å². The maximum Gasteiger partial charge on any atom is 0.121 e. The number of benzene rings is 1.